The van der Waals surface area contributed by atoms with Crippen LogP contribution < -0.4 is 10.2 Å². The lowest BCUT2D eigenvalue weighted by atomic mass is 9.97. The third-order valence-electron chi connectivity index (χ3n) is 4.79. The number of carbonyl (C=O) groups excluding carboxylic acids is 1. The normalized spacial score (nSPS) is 17.1. The minimum atomic E-state index is -0.915. The molecule has 0 aliphatic carbocycles. The zero-order valence-corrected chi connectivity index (χ0v) is 19.0. The molecule has 0 radical (unpaired) electrons. The second kappa shape index (κ2) is 8.66. The van der Waals surface area contributed by atoms with E-state index in [1.807, 2.05) is 26.8 Å². The summed E-state index contributed by atoms with van der Waals surface area (Å²) in [6, 6.07) is 1.71. The van der Waals surface area contributed by atoms with Crippen molar-refractivity contribution in [3.05, 3.63) is 33.5 Å². The van der Waals surface area contributed by atoms with Crippen LogP contribution in [0.4, 0.5) is 16.2 Å². The molecule has 0 saturated carbocycles. The first kappa shape index (κ1) is 21.5. The van der Waals surface area contributed by atoms with Gasteiger partial charge in [0.05, 0.1) is 23.6 Å². The van der Waals surface area contributed by atoms with Gasteiger partial charge in [-0.25, -0.2) is 9.78 Å². The van der Waals surface area contributed by atoms with E-state index >= 15 is 0 Å². The summed E-state index contributed by atoms with van der Waals surface area (Å²) in [5, 5.41) is 14.3. The van der Waals surface area contributed by atoms with E-state index in [-0.39, 0.29) is 11.9 Å². The van der Waals surface area contributed by atoms with E-state index in [9.17, 15) is 14.7 Å². The number of rotatable bonds is 4. The van der Waals surface area contributed by atoms with Gasteiger partial charge >= 0.3 is 6.09 Å². The molecule has 1 saturated heterocycles. The Morgan fingerprint density at radius 2 is 2.17 bits per heavy atom. The van der Waals surface area contributed by atoms with Gasteiger partial charge in [-0.2, -0.15) is 0 Å². The largest absolute Gasteiger partial charge is 0.465 e. The number of carboxylic acid groups (broad SMARTS) is 1. The van der Waals surface area contributed by atoms with Crippen LogP contribution in [0.2, 0.25) is 0 Å². The molecule has 8 nitrogen and oxygen atoms in total. The lowest BCUT2D eigenvalue weighted by molar-refractivity contribution is 0.0648. The number of nitrogens with one attached hydrogen (secondary N) is 1. The summed E-state index contributed by atoms with van der Waals surface area (Å²) < 4.78 is 0.642. The summed E-state index contributed by atoms with van der Waals surface area (Å²) in [7, 11) is 0. The number of piperidine rings is 1. The fourth-order valence-electron chi connectivity index (χ4n) is 3.68. The number of carbonyl (C=O) groups is 2. The Balaban J connectivity index is 1.81. The van der Waals surface area contributed by atoms with E-state index in [1.54, 1.807) is 17.8 Å². The quantitative estimate of drug-likeness (QED) is 0.675. The molecule has 0 unspecified atom stereocenters. The van der Waals surface area contributed by atoms with Crippen LogP contribution in [0.5, 0.6) is 0 Å². The summed E-state index contributed by atoms with van der Waals surface area (Å²) in [6.45, 7) is 7.06. The number of hydrogen-bond acceptors (Lipinski definition) is 6. The number of halogens is 1. The molecular weight excluding hydrogens is 458 g/mol. The minimum absolute atomic E-state index is 0.132. The van der Waals surface area contributed by atoms with Crippen molar-refractivity contribution in [2.45, 2.75) is 45.2 Å². The molecule has 0 bridgehead atoms. The van der Waals surface area contributed by atoms with Crippen molar-refractivity contribution in [1.82, 2.24) is 14.9 Å². The average Bonchev–Trinajstić information content (AvgIpc) is 3.07. The summed E-state index contributed by atoms with van der Waals surface area (Å²) >= 11 is 4.61. The fraction of sp³-hybridized carbons (Fsp3) is 0.474. The maximum Gasteiger partial charge on any atom is 0.408 e. The van der Waals surface area contributed by atoms with E-state index in [1.165, 1.54) is 16.2 Å². The van der Waals surface area contributed by atoms with Crippen LogP contribution in [0.3, 0.4) is 0 Å². The molecule has 1 fully saturated rings. The van der Waals surface area contributed by atoms with Crippen LogP contribution in [0.25, 0.3) is 0 Å². The zero-order chi connectivity index (χ0) is 21.2. The van der Waals surface area contributed by atoms with Crippen LogP contribution in [-0.4, -0.2) is 56.6 Å². The van der Waals surface area contributed by atoms with Crippen molar-refractivity contribution in [2.75, 3.05) is 23.3 Å². The van der Waals surface area contributed by atoms with Crippen LogP contribution >= 0.6 is 27.3 Å². The zero-order valence-electron chi connectivity index (χ0n) is 16.6. The summed E-state index contributed by atoms with van der Waals surface area (Å²) in [5.74, 6) is -0.309. The predicted octanol–water partition coefficient (Wildman–Crippen LogP) is 4.30. The molecule has 1 aliphatic rings. The second-order valence-corrected chi connectivity index (χ2v) is 10.0. The molecule has 156 valence electrons. The van der Waals surface area contributed by atoms with E-state index in [0.29, 0.717) is 21.8 Å². The highest BCUT2D eigenvalue weighted by atomic mass is 79.9. The van der Waals surface area contributed by atoms with Gasteiger partial charge in [0, 0.05) is 30.2 Å². The fourth-order valence-corrected chi connectivity index (χ4v) is 4.67. The number of thiazole rings is 1. The molecule has 2 aromatic heterocycles. The SMILES string of the molecule is CC(C)(C)N(C(=O)O)[C@H]1CCCN(c2ccncc2NC(=O)c2csc(Br)n2)C1. The Morgan fingerprint density at radius 1 is 1.41 bits per heavy atom. The molecule has 1 atom stereocenters. The highest BCUT2D eigenvalue weighted by Gasteiger charge is 2.36. The van der Waals surface area contributed by atoms with Gasteiger partial charge in [0.2, 0.25) is 0 Å². The summed E-state index contributed by atoms with van der Waals surface area (Å²) in [4.78, 5) is 36.4. The molecule has 2 aromatic rings. The van der Waals surface area contributed by atoms with Crippen LogP contribution in [0.15, 0.2) is 27.8 Å². The Hall–Kier alpha value is -2.20. The number of pyridine rings is 1. The number of hydrogen-bond donors (Lipinski definition) is 2. The standard InChI is InChI=1S/C19H24BrN5O3S/c1-19(2,3)25(18(27)28)12-5-4-8-24(10-12)15-6-7-21-9-13(15)22-16(26)14-11-29-17(20)23-14/h6-7,9,11-12H,4-5,8,10H2,1-3H3,(H,22,26)(H,27,28)/t12-/m0/s1. The molecular formula is C19H24BrN5O3S. The molecule has 1 aliphatic heterocycles. The van der Waals surface area contributed by atoms with Crippen molar-refractivity contribution in [2.24, 2.45) is 0 Å². The van der Waals surface area contributed by atoms with E-state index in [2.05, 4.69) is 36.1 Å². The minimum Gasteiger partial charge on any atom is -0.465 e. The van der Waals surface area contributed by atoms with Crippen molar-refractivity contribution in [1.29, 1.82) is 0 Å². The van der Waals surface area contributed by atoms with Crippen LogP contribution in [0.1, 0.15) is 44.1 Å². The highest BCUT2D eigenvalue weighted by Crippen LogP contribution is 2.31. The summed E-state index contributed by atoms with van der Waals surface area (Å²) in [5.41, 5.74) is 1.25. The van der Waals surface area contributed by atoms with Gasteiger partial charge in [0.15, 0.2) is 3.92 Å². The van der Waals surface area contributed by atoms with E-state index in [0.717, 1.165) is 25.1 Å². The number of aromatic nitrogens is 2. The van der Waals surface area contributed by atoms with Crippen LogP contribution in [0, 0.1) is 0 Å². The van der Waals surface area contributed by atoms with Crippen LogP contribution in [-0.2, 0) is 0 Å². The van der Waals surface area contributed by atoms with Gasteiger partial charge < -0.3 is 15.3 Å². The van der Waals surface area contributed by atoms with Gasteiger partial charge in [-0.1, -0.05) is 0 Å². The maximum atomic E-state index is 12.5. The van der Waals surface area contributed by atoms with E-state index in [4.69, 9.17) is 0 Å². The predicted molar refractivity (Wildman–Crippen MR) is 117 cm³/mol. The highest BCUT2D eigenvalue weighted by molar-refractivity contribution is 9.11. The first-order valence-corrected chi connectivity index (χ1v) is 11.0. The molecule has 10 heteroatoms. The lowest BCUT2D eigenvalue weighted by Gasteiger charge is -2.45. The molecule has 2 N–H and O–H groups in total. The second-order valence-electron chi connectivity index (χ2n) is 7.90. The average molecular weight is 482 g/mol. The molecule has 0 aromatic carbocycles. The molecule has 3 rings (SSSR count). The summed E-state index contributed by atoms with van der Waals surface area (Å²) in [6.07, 6.45) is 4.03. The van der Waals surface area contributed by atoms with Crippen molar-refractivity contribution in [3.8, 4) is 0 Å². The Kier molecular flexibility index (Phi) is 6.42. The third-order valence-corrected chi connectivity index (χ3v) is 6.15. The van der Waals surface area contributed by atoms with Crippen molar-refractivity contribution in [3.63, 3.8) is 0 Å². The third kappa shape index (κ3) is 5.05. The topological polar surface area (TPSA) is 98.7 Å². The van der Waals surface area contributed by atoms with E-state index < -0.39 is 11.6 Å². The number of amides is 2. The number of nitrogens with zero attached hydrogens (tertiary/aromatic N) is 4. The molecule has 2 amide bonds. The Bertz CT molecular complexity index is 898. The Labute approximate surface area is 182 Å². The first-order valence-electron chi connectivity index (χ1n) is 9.30. The first-order chi connectivity index (χ1) is 13.7. The molecule has 3 heterocycles. The van der Waals surface area contributed by atoms with Crippen molar-refractivity contribution >= 4 is 50.6 Å². The molecule has 0 spiro atoms. The van der Waals surface area contributed by atoms with Gasteiger partial charge in [-0.3, -0.25) is 14.7 Å². The number of anilines is 2. The van der Waals surface area contributed by atoms with Gasteiger partial charge in [0.25, 0.3) is 5.91 Å². The van der Waals surface area contributed by atoms with Gasteiger partial charge in [-0.05, 0) is 55.6 Å². The van der Waals surface area contributed by atoms with Gasteiger partial charge in [0.1, 0.15) is 5.69 Å². The lowest BCUT2D eigenvalue weighted by Crippen LogP contribution is -2.56. The van der Waals surface area contributed by atoms with Gasteiger partial charge in [-0.15, -0.1) is 11.3 Å². The maximum absolute atomic E-state index is 12.5. The Morgan fingerprint density at radius 3 is 2.79 bits per heavy atom. The molecule has 29 heavy (non-hydrogen) atoms. The monoisotopic (exact) mass is 481 g/mol. The van der Waals surface area contributed by atoms with Crippen molar-refractivity contribution < 1.29 is 14.7 Å². The smallest absolute Gasteiger partial charge is 0.408 e.